The van der Waals surface area contributed by atoms with E-state index in [1.54, 1.807) is 0 Å². The van der Waals surface area contributed by atoms with Crippen molar-refractivity contribution in [1.82, 2.24) is 10.2 Å². The van der Waals surface area contributed by atoms with Gasteiger partial charge in [0.25, 0.3) is 0 Å². The van der Waals surface area contributed by atoms with E-state index in [2.05, 4.69) is 5.32 Å². The minimum absolute atomic E-state index is 0.0220. The van der Waals surface area contributed by atoms with Gasteiger partial charge in [-0.2, -0.15) is 0 Å². The number of carboxylic acid groups (broad SMARTS) is 1. The zero-order valence-electron chi connectivity index (χ0n) is 12.5. The van der Waals surface area contributed by atoms with Crippen molar-refractivity contribution in [3.05, 3.63) is 0 Å². The molecule has 2 rings (SSSR count). The molecule has 5 nitrogen and oxygen atoms in total. The molecule has 3 atom stereocenters. The van der Waals surface area contributed by atoms with Crippen LogP contribution in [0, 0.1) is 17.8 Å². The van der Waals surface area contributed by atoms with Crippen molar-refractivity contribution in [2.45, 2.75) is 52.0 Å². The first-order valence-electron chi connectivity index (χ1n) is 7.78. The first-order valence-corrected chi connectivity index (χ1v) is 7.78. The van der Waals surface area contributed by atoms with Crippen LogP contribution in [0.25, 0.3) is 0 Å². The number of urea groups is 1. The minimum atomic E-state index is -0.836. The van der Waals surface area contributed by atoms with Gasteiger partial charge in [0.05, 0.1) is 5.92 Å². The van der Waals surface area contributed by atoms with E-state index in [1.807, 2.05) is 18.7 Å². The Labute approximate surface area is 120 Å². The number of fused-ring (bicyclic) bond motifs is 1. The quantitative estimate of drug-likeness (QED) is 0.831. The van der Waals surface area contributed by atoms with Crippen LogP contribution < -0.4 is 5.32 Å². The van der Waals surface area contributed by atoms with E-state index in [9.17, 15) is 9.59 Å². The van der Waals surface area contributed by atoms with Crippen molar-refractivity contribution in [1.29, 1.82) is 0 Å². The summed E-state index contributed by atoms with van der Waals surface area (Å²) in [6, 6.07) is 0.303. The second-order valence-corrected chi connectivity index (χ2v) is 6.47. The van der Waals surface area contributed by atoms with Gasteiger partial charge in [0.1, 0.15) is 0 Å². The van der Waals surface area contributed by atoms with Gasteiger partial charge in [-0.15, -0.1) is 0 Å². The Bertz CT molecular complexity index is 370. The number of carboxylic acids is 1. The lowest BCUT2D eigenvalue weighted by molar-refractivity contribution is -0.142. The van der Waals surface area contributed by atoms with Crippen molar-refractivity contribution in [2.75, 3.05) is 13.1 Å². The molecule has 3 unspecified atom stereocenters. The fraction of sp³-hybridized carbons (Fsp3) is 0.867. The van der Waals surface area contributed by atoms with Gasteiger partial charge in [0, 0.05) is 19.1 Å². The third kappa shape index (κ3) is 3.25. The largest absolute Gasteiger partial charge is 0.481 e. The molecular weight excluding hydrogens is 256 g/mol. The topological polar surface area (TPSA) is 69.6 Å². The summed E-state index contributed by atoms with van der Waals surface area (Å²) < 4.78 is 0. The standard InChI is InChI=1S/C15H26N2O3/c1-10(2)12(14(18)19)9-16-15(20)17-8-7-11-5-3-4-6-13(11)17/h10-13H,3-9H2,1-2H3,(H,16,20)(H,18,19). The van der Waals surface area contributed by atoms with Crippen LogP contribution in [0.5, 0.6) is 0 Å². The summed E-state index contributed by atoms with van der Waals surface area (Å²) in [5.41, 5.74) is 0. The molecule has 2 amide bonds. The van der Waals surface area contributed by atoms with Crippen molar-refractivity contribution < 1.29 is 14.7 Å². The predicted octanol–water partition coefficient (Wildman–Crippen LogP) is 2.32. The zero-order valence-corrected chi connectivity index (χ0v) is 12.5. The molecular formula is C15H26N2O3. The predicted molar refractivity (Wildman–Crippen MR) is 76.4 cm³/mol. The molecule has 0 spiro atoms. The summed E-state index contributed by atoms with van der Waals surface area (Å²) in [7, 11) is 0. The number of nitrogens with one attached hydrogen (secondary N) is 1. The van der Waals surface area contributed by atoms with E-state index in [0.29, 0.717) is 12.0 Å². The Morgan fingerprint density at radius 1 is 1.25 bits per heavy atom. The fourth-order valence-electron chi connectivity index (χ4n) is 3.56. The molecule has 5 heteroatoms. The van der Waals surface area contributed by atoms with Gasteiger partial charge < -0.3 is 15.3 Å². The van der Waals surface area contributed by atoms with E-state index in [0.717, 1.165) is 19.4 Å². The summed E-state index contributed by atoms with van der Waals surface area (Å²) >= 11 is 0. The molecule has 1 aliphatic heterocycles. The van der Waals surface area contributed by atoms with Crippen molar-refractivity contribution >= 4 is 12.0 Å². The van der Waals surface area contributed by atoms with E-state index in [1.165, 1.54) is 19.3 Å². The van der Waals surface area contributed by atoms with Crippen LogP contribution in [-0.4, -0.2) is 41.1 Å². The summed E-state index contributed by atoms with van der Waals surface area (Å²) in [4.78, 5) is 25.3. The second kappa shape index (κ2) is 6.46. The molecule has 20 heavy (non-hydrogen) atoms. The van der Waals surface area contributed by atoms with Crippen LogP contribution in [0.4, 0.5) is 4.79 Å². The highest BCUT2D eigenvalue weighted by Gasteiger charge is 2.38. The molecule has 1 aliphatic carbocycles. The zero-order chi connectivity index (χ0) is 14.7. The highest BCUT2D eigenvalue weighted by molar-refractivity contribution is 5.76. The van der Waals surface area contributed by atoms with Gasteiger partial charge in [0.15, 0.2) is 0 Å². The number of amides is 2. The van der Waals surface area contributed by atoms with Crippen molar-refractivity contribution in [2.24, 2.45) is 17.8 Å². The fourth-order valence-corrected chi connectivity index (χ4v) is 3.56. The molecule has 1 heterocycles. The second-order valence-electron chi connectivity index (χ2n) is 6.47. The monoisotopic (exact) mass is 282 g/mol. The average Bonchev–Trinajstić information content (AvgIpc) is 2.81. The number of hydrogen-bond acceptors (Lipinski definition) is 2. The molecule has 0 radical (unpaired) electrons. The first kappa shape index (κ1) is 15.1. The lowest BCUT2D eigenvalue weighted by Gasteiger charge is -2.32. The molecule has 0 bridgehead atoms. The molecule has 2 N–H and O–H groups in total. The molecule has 1 saturated heterocycles. The molecule has 114 valence electrons. The van der Waals surface area contributed by atoms with Crippen LogP contribution in [0.3, 0.4) is 0 Å². The van der Waals surface area contributed by atoms with Crippen molar-refractivity contribution in [3.63, 3.8) is 0 Å². The maximum atomic E-state index is 12.3. The summed E-state index contributed by atoms with van der Waals surface area (Å²) in [5.74, 6) is -0.662. The summed E-state index contributed by atoms with van der Waals surface area (Å²) in [6.45, 7) is 4.79. The molecule has 0 aromatic heterocycles. The molecule has 0 aromatic carbocycles. The Kier molecular flexibility index (Phi) is 4.89. The Morgan fingerprint density at radius 3 is 2.60 bits per heavy atom. The van der Waals surface area contributed by atoms with Gasteiger partial charge >= 0.3 is 12.0 Å². The van der Waals surface area contributed by atoms with E-state index in [-0.39, 0.29) is 18.5 Å². The van der Waals surface area contributed by atoms with Gasteiger partial charge in [-0.05, 0) is 31.1 Å². The molecule has 0 aromatic rings. The lowest BCUT2D eigenvalue weighted by Crippen LogP contribution is -2.47. The summed E-state index contributed by atoms with van der Waals surface area (Å²) in [5, 5.41) is 12.0. The van der Waals surface area contributed by atoms with Crippen molar-refractivity contribution in [3.8, 4) is 0 Å². The van der Waals surface area contributed by atoms with E-state index >= 15 is 0 Å². The van der Waals surface area contributed by atoms with Crippen LogP contribution in [0.1, 0.15) is 46.0 Å². The van der Waals surface area contributed by atoms with Gasteiger partial charge in [0.2, 0.25) is 0 Å². The number of nitrogens with zero attached hydrogens (tertiary/aromatic N) is 1. The average molecular weight is 282 g/mol. The van der Waals surface area contributed by atoms with Gasteiger partial charge in [-0.25, -0.2) is 4.79 Å². The van der Waals surface area contributed by atoms with E-state index < -0.39 is 11.9 Å². The number of rotatable bonds is 4. The van der Waals surface area contributed by atoms with Crippen LogP contribution in [-0.2, 0) is 4.79 Å². The van der Waals surface area contributed by atoms with Crippen LogP contribution in [0.2, 0.25) is 0 Å². The number of likely N-dealkylation sites (tertiary alicyclic amines) is 1. The number of aliphatic carboxylic acids is 1. The SMILES string of the molecule is CC(C)C(CNC(=O)N1CCC2CCCCC21)C(=O)O. The van der Waals surface area contributed by atoms with E-state index in [4.69, 9.17) is 5.11 Å². The minimum Gasteiger partial charge on any atom is -0.481 e. The first-order chi connectivity index (χ1) is 9.50. The third-order valence-electron chi connectivity index (χ3n) is 4.87. The van der Waals surface area contributed by atoms with Crippen LogP contribution in [0.15, 0.2) is 0 Å². The Balaban J connectivity index is 1.87. The Hall–Kier alpha value is -1.26. The highest BCUT2D eigenvalue weighted by Crippen LogP contribution is 2.36. The summed E-state index contributed by atoms with van der Waals surface area (Å²) in [6.07, 6.45) is 5.92. The Morgan fingerprint density at radius 2 is 1.95 bits per heavy atom. The lowest BCUT2D eigenvalue weighted by atomic mass is 9.85. The van der Waals surface area contributed by atoms with Crippen LogP contribution >= 0.6 is 0 Å². The normalized spacial score (nSPS) is 27.2. The smallest absolute Gasteiger partial charge is 0.317 e. The molecule has 1 saturated carbocycles. The number of carbonyl (C=O) groups excluding carboxylic acids is 1. The maximum Gasteiger partial charge on any atom is 0.317 e. The third-order valence-corrected chi connectivity index (χ3v) is 4.87. The highest BCUT2D eigenvalue weighted by atomic mass is 16.4. The van der Waals surface area contributed by atoms with Gasteiger partial charge in [-0.3, -0.25) is 4.79 Å². The number of carbonyl (C=O) groups is 2. The number of hydrogen-bond donors (Lipinski definition) is 2. The molecule has 2 aliphatic rings. The maximum absolute atomic E-state index is 12.3. The van der Waals surface area contributed by atoms with Gasteiger partial charge in [-0.1, -0.05) is 26.7 Å². The molecule has 2 fully saturated rings.